The van der Waals surface area contributed by atoms with Gasteiger partial charge in [-0.05, 0) is 125 Å². The summed E-state index contributed by atoms with van der Waals surface area (Å²) in [6.07, 6.45) is 0. The van der Waals surface area contributed by atoms with Crippen molar-refractivity contribution in [3.8, 4) is 44.5 Å². The van der Waals surface area contributed by atoms with Crippen LogP contribution in [0.5, 0.6) is 0 Å². The van der Waals surface area contributed by atoms with Crippen molar-refractivity contribution in [1.29, 1.82) is 0 Å². The van der Waals surface area contributed by atoms with Gasteiger partial charge >= 0.3 is 0 Å². The maximum absolute atomic E-state index is 10.2. The van der Waals surface area contributed by atoms with Gasteiger partial charge in [0.1, 0.15) is 0 Å². The van der Waals surface area contributed by atoms with Gasteiger partial charge in [0.2, 0.25) is 0 Å². The van der Waals surface area contributed by atoms with Gasteiger partial charge in [-0.3, -0.25) is 0 Å². The Morgan fingerprint density at radius 3 is 1.71 bits per heavy atom. The Balaban J connectivity index is 1.12. The normalized spacial score (nSPS) is 14.7. The third-order valence-electron chi connectivity index (χ3n) is 13.6. The molecule has 298 valence electrons. The highest BCUT2D eigenvalue weighted by atomic mass is 15.1. The zero-order valence-electron chi connectivity index (χ0n) is 39.2. The largest absolute Gasteiger partial charge is 0.310 e. The van der Waals surface area contributed by atoms with Crippen LogP contribution in [-0.4, -0.2) is 0 Å². The predicted molar refractivity (Wildman–Crippen MR) is 264 cm³/mol. The van der Waals surface area contributed by atoms with Gasteiger partial charge in [-0.25, -0.2) is 0 Å². The first kappa shape index (κ1) is 33.0. The van der Waals surface area contributed by atoms with Gasteiger partial charge < -0.3 is 4.90 Å². The number of hydrogen-bond donors (Lipinski definition) is 0. The minimum atomic E-state index is -0.689. The zero-order chi connectivity index (χ0) is 45.6. The number of nitrogens with zero attached hydrogens (tertiary/aromatic N) is 1. The van der Waals surface area contributed by atoms with Gasteiger partial charge in [-0.2, -0.15) is 0 Å². The molecule has 1 nitrogen and oxygen atoms in total. The van der Waals surface area contributed by atoms with E-state index in [0.29, 0.717) is 11.1 Å². The van der Waals surface area contributed by atoms with E-state index in [0.717, 1.165) is 61.1 Å². The molecule has 0 saturated carbocycles. The van der Waals surface area contributed by atoms with Crippen LogP contribution in [0.2, 0.25) is 0 Å². The number of fused-ring (bicyclic) bond motifs is 7. The second-order valence-electron chi connectivity index (χ2n) is 17.3. The highest BCUT2D eigenvalue weighted by Crippen LogP contribution is 2.58. The summed E-state index contributed by atoms with van der Waals surface area (Å²) in [7, 11) is 0. The lowest BCUT2D eigenvalue weighted by atomic mass is 9.67. The lowest BCUT2D eigenvalue weighted by Gasteiger charge is -2.35. The predicted octanol–water partition coefficient (Wildman–Crippen LogP) is 16.3. The molecule has 0 saturated heterocycles. The van der Waals surface area contributed by atoms with Crippen molar-refractivity contribution in [2.75, 3.05) is 4.90 Å². The Kier molecular flexibility index (Phi) is 7.55. The van der Waals surface area contributed by atoms with Gasteiger partial charge in [0.15, 0.2) is 0 Å². The van der Waals surface area contributed by atoms with Crippen LogP contribution in [-0.2, 0) is 10.8 Å². The number of benzene rings is 10. The van der Waals surface area contributed by atoms with Crippen molar-refractivity contribution in [3.63, 3.8) is 0 Å². The lowest BCUT2D eigenvalue weighted by Crippen LogP contribution is -2.28. The zero-order valence-corrected chi connectivity index (χ0v) is 35.2. The standard InChI is InChI=1S/C62H45N/c1-61(2)57-32-13-11-28-54(57)56-31-17-30-52(60(56)61)43-34-36-47(37-35-43)63(48-25-15-20-44(40-48)51-29-16-19-42-18-9-10-26-50(42)51)49-38-39-55-53-27-12-14-33-58(53)62(59(55)41-49,45-21-5-3-6-22-45)46-23-7-4-8-24-46/h3-41H,1-2H3/i15D,20D,25D,40D. The van der Waals surface area contributed by atoms with Crippen LogP contribution >= 0.6 is 0 Å². The minimum absolute atomic E-state index is 0.0213. The Bertz CT molecular complexity index is 3550. The second-order valence-corrected chi connectivity index (χ2v) is 17.3. The Morgan fingerprint density at radius 1 is 0.397 bits per heavy atom. The van der Waals surface area contributed by atoms with Gasteiger partial charge in [0, 0.05) is 22.5 Å². The molecule has 0 heterocycles. The highest BCUT2D eigenvalue weighted by Gasteiger charge is 2.46. The summed E-state index contributed by atoms with van der Waals surface area (Å²) in [5.74, 6) is 0. The summed E-state index contributed by atoms with van der Waals surface area (Å²) in [4.78, 5) is 1.99. The maximum Gasteiger partial charge on any atom is 0.0714 e. The molecule has 0 radical (unpaired) electrons. The monoisotopic (exact) mass is 807 g/mol. The second kappa shape index (κ2) is 14.4. The fourth-order valence-electron chi connectivity index (χ4n) is 10.9. The van der Waals surface area contributed by atoms with E-state index < -0.39 is 5.41 Å². The number of rotatable bonds is 7. The Labute approximate surface area is 375 Å². The Morgan fingerprint density at radius 2 is 0.952 bits per heavy atom. The van der Waals surface area contributed by atoms with E-state index >= 15 is 0 Å². The van der Waals surface area contributed by atoms with Gasteiger partial charge in [-0.1, -0.05) is 214 Å². The first-order chi connectivity index (χ1) is 32.7. The molecule has 10 aromatic carbocycles. The SMILES string of the molecule is [2H]c1c([2H])c(-c2cccc3ccccc23)c([2H])c(N(c2ccc(-c3cccc4c3C(C)(C)c3ccccc3-4)cc2)c2ccc3c(c2)C(c2ccccc2)(c2ccccc2)c2ccccc2-3)c1[2H]. The molecule has 0 N–H and O–H groups in total. The molecule has 2 aliphatic carbocycles. The van der Waals surface area contributed by atoms with E-state index in [1.165, 1.54) is 27.8 Å². The van der Waals surface area contributed by atoms with Crippen molar-refractivity contribution in [2.24, 2.45) is 0 Å². The molecule has 12 rings (SSSR count). The van der Waals surface area contributed by atoms with Gasteiger partial charge in [-0.15, -0.1) is 0 Å². The summed E-state index contributed by atoms with van der Waals surface area (Å²) in [6.45, 7) is 4.61. The molecule has 0 bridgehead atoms. The summed E-state index contributed by atoms with van der Waals surface area (Å²) in [5, 5.41) is 1.86. The van der Waals surface area contributed by atoms with Crippen molar-refractivity contribution in [3.05, 3.63) is 270 Å². The van der Waals surface area contributed by atoms with Crippen LogP contribution in [0.3, 0.4) is 0 Å². The molecule has 2 aliphatic rings. The summed E-state index contributed by atoms with van der Waals surface area (Å²) < 4.78 is 38.7. The molecule has 0 aliphatic heterocycles. The molecule has 1 heteroatoms. The Hall–Kier alpha value is -7.74. The fourth-order valence-corrected chi connectivity index (χ4v) is 10.9. The minimum Gasteiger partial charge on any atom is -0.310 e. The van der Waals surface area contributed by atoms with Gasteiger partial charge in [0.05, 0.1) is 10.9 Å². The number of anilines is 3. The van der Waals surface area contributed by atoms with E-state index in [-0.39, 0.29) is 35.3 Å². The fraction of sp³-hybridized carbons (Fsp3) is 0.0645. The molecule has 0 spiro atoms. The number of hydrogen-bond acceptors (Lipinski definition) is 1. The summed E-state index contributed by atoms with van der Waals surface area (Å²) >= 11 is 0. The van der Waals surface area contributed by atoms with Crippen LogP contribution in [0.4, 0.5) is 17.1 Å². The van der Waals surface area contributed by atoms with Crippen LogP contribution in [0.15, 0.2) is 236 Å². The van der Waals surface area contributed by atoms with Crippen LogP contribution in [0.25, 0.3) is 55.3 Å². The van der Waals surface area contributed by atoms with Crippen LogP contribution < -0.4 is 4.90 Å². The third kappa shape index (κ3) is 5.63. The lowest BCUT2D eigenvalue weighted by molar-refractivity contribution is 0.662. The molecular formula is C62H45N. The van der Waals surface area contributed by atoms with E-state index in [2.05, 4.69) is 184 Å². The highest BCUT2D eigenvalue weighted by molar-refractivity contribution is 5.98. The molecule has 0 unspecified atom stereocenters. The maximum atomic E-state index is 10.2. The molecular weight excluding hydrogens is 759 g/mol. The molecule has 0 fully saturated rings. The van der Waals surface area contributed by atoms with Crippen molar-refractivity contribution >= 4 is 27.8 Å². The smallest absolute Gasteiger partial charge is 0.0714 e. The van der Waals surface area contributed by atoms with Crippen LogP contribution in [0.1, 0.15) is 52.7 Å². The van der Waals surface area contributed by atoms with E-state index in [4.69, 9.17) is 0 Å². The molecule has 0 amide bonds. The topological polar surface area (TPSA) is 3.24 Å². The van der Waals surface area contributed by atoms with Crippen molar-refractivity contribution in [1.82, 2.24) is 0 Å². The van der Waals surface area contributed by atoms with E-state index in [1.54, 1.807) is 0 Å². The molecule has 0 aromatic heterocycles. The average Bonchev–Trinajstić information content (AvgIpc) is 3.80. The molecule has 10 aromatic rings. The van der Waals surface area contributed by atoms with E-state index in [9.17, 15) is 5.48 Å². The summed E-state index contributed by atoms with van der Waals surface area (Å²) in [5.41, 5.74) is 16.0. The van der Waals surface area contributed by atoms with E-state index in [1.807, 2.05) is 47.4 Å². The van der Waals surface area contributed by atoms with Crippen LogP contribution in [0, 0.1) is 0 Å². The average molecular weight is 808 g/mol. The molecule has 0 atom stereocenters. The van der Waals surface area contributed by atoms with Crippen molar-refractivity contribution < 1.29 is 5.48 Å². The van der Waals surface area contributed by atoms with Gasteiger partial charge in [0.25, 0.3) is 0 Å². The quantitative estimate of drug-likeness (QED) is 0.155. The molecule has 63 heavy (non-hydrogen) atoms. The summed E-state index contributed by atoms with van der Waals surface area (Å²) in [6, 6.07) is 73.7. The third-order valence-corrected chi connectivity index (χ3v) is 13.6. The first-order valence-corrected chi connectivity index (χ1v) is 21.8. The van der Waals surface area contributed by atoms with Crippen molar-refractivity contribution in [2.45, 2.75) is 24.7 Å². The first-order valence-electron chi connectivity index (χ1n) is 23.8.